The van der Waals surface area contributed by atoms with Crippen LogP contribution in [0.1, 0.15) is 12.5 Å². The molecular weight excluding hydrogens is 246 g/mol. The minimum Gasteiger partial charge on any atom is -0.494 e. The summed E-state index contributed by atoms with van der Waals surface area (Å²) in [5.41, 5.74) is 0.491. The number of methoxy groups -OCH3 is 1. The van der Waals surface area contributed by atoms with E-state index in [0.29, 0.717) is 11.3 Å². The molecule has 0 bridgehead atoms. The third-order valence-corrected chi connectivity index (χ3v) is 2.70. The van der Waals surface area contributed by atoms with Gasteiger partial charge in [-0.1, -0.05) is 23.9 Å². The Bertz CT molecular complexity index is 444. The first-order valence-electron chi connectivity index (χ1n) is 4.87. The van der Waals surface area contributed by atoms with Gasteiger partial charge in [0.25, 0.3) is 0 Å². The second-order valence-corrected chi connectivity index (χ2v) is 4.42. The van der Waals surface area contributed by atoms with Crippen LogP contribution in [0.5, 0.6) is 5.75 Å². The molecule has 2 nitrogen and oxygen atoms in total. The zero-order valence-corrected chi connectivity index (χ0v) is 10.3. The maximum atomic E-state index is 13.1. The van der Waals surface area contributed by atoms with Crippen LogP contribution in [0.15, 0.2) is 18.2 Å². The summed E-state index contributed by atoms with van der Waals surface area (Å²) < 4.78 is 30.9. The van der Waals surface area contributed by atoms with E-state index >= 15 is 0 Å². The van der Waals surface area contributed by atoms with Gasteiger partial charge in [-0.2, -0.15) is 4.39 Å². The Morgan fingerprint density at radius 2 is 2.18 bits per heavy atom. The minimum absolute atomic E-state index is 0.0116. The fourth-order valence-electron chi connectivity index (χ4n) is 1.18. The molecule has 0 N–H and O–H groups in total. The van der Waals surface area contributed by atoms with Crippen molar-refractivity contribution < 1.29 is 18.3 Å². The van der Waals surface area contributed by atoms with Crippen LogP contribution in [0.3, 0.4) is 0 Å². The fraction of sp³-hybridized carbons (Fsp3) is 0.250. The van der Waals surface area contributed by atoms with Gasteiger partial charge in [0, 0.05) is 12.7 Å². The average molecular weight is 258 g/mol. The molecule has 0 spiro atoms. The highest BCUT2D eigenvalue weighted by atomic mass is 32.2. The topological polar surface area (TPSA) is 26.3 Å². The quantitative estimate of drug-likeness (QED) is 0.829. The van der Waals surface area contributed by atoms with E-state index in [1.807, 2.05) is 0 Å². The first-order valence-corrected chi connectivity index (χ1v) is 5.86. The van der Waals surface area contributed by atoms with Crippen LogP contribution in [0.25, 0.3) is 6.08 Å². The van der Waals surface area contributed by atoms with Crippen LogP contribution >= 0.6 is 11.8 Å². The Labute approximate surface area is 103 Å². The van der Waals surface area contributed by atoms with Crippen molar-refractivity contribution in [2.45, 2.75) is 6.92 Å². The number of rotatable bonds is 4. The molecule has 0 saturated heterocycles. The lowest BCUT2D eigenvalue weighted by Gasteiger charge is -2.03. The molecule has 92 valence electrons. The van der Waals surface area contributed by atoms with Crippen LogP contribution in [0, 0.1) is 11.6 Å². The summed E-state index contributed by atoms with van der Waals surface area (Å²) in [6, 6.07) is 2.47. The first kappa shape index (κ1) is 13.7. The molecular formula is C12H12F2O2S. The van der Waals surface area contributed by atoms with E-state index in [-0.39, 0.29) is 10.9 Å². The lowest BCUT2D eigenvalue weighted by atomic mass is 10.2. The predicted molar refractivity (Wildman–Crippen MR) is 65.1 cm³/mol. The Morgan fingerprint density at radius 3 is 2.76 bits per heavy atom. The predicted octanol–water partition coefficient (Wildman–Crippen LogP) is 3.27. The SMILES string of the molecule is COc1cc(C=CCSC(C)=O)cc(F)c1F. The molecule has 0 heterocycles. The number of carbonyl (C=O) groups is 1. The maximum absolute atomic E-state index is 13.1. The molecule has 1 aromatic carbocycles. The Hall–Kier alpha value is -1.36. The number of carbonyl (C=O) groups excluding carboxylic acids is 1. The number of benzene rings is 1. The second-order valence-electron chi connectivity index (χ2n) is 3.22. The molecule has 0 aromatic heterocycles. The van der Waals surface area contributed by atoms with Crippen molar-refractivity contribution in [3.05, 3.63) is 35.4 Å². The lowest BCUT2D eigenvalue weighted by Crippen LogP contribution is -1.93. The molecule has 5 heteroatoms. The van der Waals surface area contributed by atoms with E-state index < -0.39 is 11.6 Å². The summed E-state index contributed by atoms with van der Waals surface area (Å²) >= 11 is 1.14. The van der Waals surface area contributed by atoms with E-state index in [9.17, 15) is 13.6 Å². The van der Waals surface area contributed by atoms with Crippen LogP contribution in [0.2, 0.25) is 0 Å². The smallest absolute Gasteiger partial charge is 0.200 e. The fourth-order valence-corrected chi connectivity index (χ4v) is 1.61. The van der Waals surface area contributed by atoms with Gasteiger partial charge in [-0.3, -0.25) is 4.79 Å². The summed E-state index contributed by atoms with van der Waals surface area (Å²) in [4.78, 5) is 10.7. The molecule has 0 atom stereocenters. The van der Waals surface area contributed by atoms with Crippen LogP contribution in [0.4, 0.5) is 8.78 Å². The van der Waals surface area contributed by atoms with Gasteiger partial charge in [0.2, 0.25) is 5.82 Å². The highest BCUT2D eigenvalue weighted by Gasteiger charge is 2.09. The van der Waals surface area contributed by atoms with Gasteiger partial charge in [0.05, 0.1) is 7.11 Å². The normalized spacial score (nSPS) is 10.8. The van der Waals surface area contributed by atoms with Gasteiger partial charge in [-0.05, 0) is 17.7 Å². The van der Waals surface area contributed by atoms with E-state index in [1.165, 1.54) is 20.1 Å². The first-order chi connectivity index (χ1) is 8.04. The van der Waals surface area contributed by atoms with Gasteiger partial charge in [0.15, 0.2) is 16.7 Å². The minimum atomic E-state index is -0.997. The Kier molecular flexibility index (Phi) is 5.15. The third-order valence-electron chi connectivity index (χ3n) is 1.93. The third kappa shape index (κ3) is 4.19. The maximum Gasteiger partial charge on any atom is 0.200 e. The van der Waals surface area contributed by atoms with E-state index in [2.05, 4.69) is 0 Å². The van der Waals surface area contributed by atoms with Crippen LogP contribution in [-0.4, -0.2) is 18.0 Å². The molecule has 0 saturated carbocycles. The molecule has 0 fully saturated rings. The Morgan fingerprint density at radius 1 is 1.47 bits per heavy atom. The van der Waals surface area contributed by atoms with Crippen LogP contribution in [-0.2, 0) is 4.79 Å². The second kappa shape index (κ2) is 6.39. The Balaban J connectivity index is 2.78. The van der Waals surface area contributed by atoms with Gasteiger partial charge in [0.1, 0.15) is 0 Å². The molecule has 0 aliphatic heterocycles. The van der Waals surface area contributed by atoms with E-state index in [1.54, 1.807) is 12.2 Å². The largest absolute Gasteiger partial charge is 0.494 e. The van der Waals surface area contributed by atoms with Crippen molar-refractivity contribution in [3.8, 4) is 5.75 Å². The van der Waals surface area contributed by atoms with Crippen LogP contribution < -0.4 is 4.74 Å². The highest BCUT2D eigenvalue weighted by molar-refractivity contribution is 8.13. The number of hydrogen-bond donors (Lipinski definition) is 0. The molecule has 1 rings (SSSR count). The zero-order chi connectivity index (χ0) is 12.8. The summed E-state index contributed by atoms with van der Waals surface area (Å²) in [7, 11) is 1.27. The number of halogens is 2. The monoisotopic (exact) mass is 258 g/mol. The van der Waals surface area contributed by atoms with Gasteiger partial charge >= 0.3 is 0 Å². The van der Waals surface area contributed by atoms with Crippen molar-refractivity contribution in [2.75, 3.05) is 12.9 Å². The number of hydrogen-bond acceptors (Lipinski definition) is 3. The molecule has 0 aliphatic rings. The summed E-state index contributed by atoms with van der Waals surface area (Å²) in [5, 5.41) is 0.0116. The summed E-state index contributed by atoms with van der Waals surface area (Å²) in [5.74, 6) is -1.59. The zero-order valence-electron chi connectivity index (χ0n) is 9.50. The molecule has 17 heavy (non-hydrogen) atoms. The number of thioether (sulfide) groups is 1. The molecule has 0 aliphatic carbocycles. The molecule has 1 aromatic rings. The number of ether oxygens (including phenoxy) is 1. The van der Waals surface area contributed by atoms with Gasteiger partial charge in [-0.15, -0.1) is 0 Å². The van der Waals surface area contributed by atoms with E-state index in [0.717, 1.165) is 17.8 Å². The van der Waals surface area contributed by atoms with Crippen molar-refractivity contribution in [3.63, 3.8) is 0 Å². The van der Waals surface area contributed by atoms with Crippen molar-refractivity contribution in [2.24, 2.45) is 0 Å². The summed E-state index contributed by atoms with van der Waals surface area (Å²) in [6.45, 7) is 1.47. The van der Waals surface area contributed by atoms with Gasteiger partial charge in [-0.25, -0.2) is 4.39 Å². The lowest BCUT2D eigenvalue weighted by molar-refractivity contribution is -0.109. The van der Waals surface area contributed by atoms with E-state index in [4.69, 9.17) is 4.74 Å². The summed E-state index contributed by atoms with van der Waals surface area (Å²) in [6.07, 6.45) is 3.32. The highest BCUT2D eigenvalue weighted by Crippen LogP contribution is 2.22. The molecule has 0 radical (unpaired) electrons. The molecule has 0 amide bonds. The van der Waals surface area contributed by atoms with Gasteiger partial charge < -0.3 is 4.74 Å². The average Bonchev–Trinajstić information content (AvgIpc) is 2.28. The van der Waals surface area contributed by atoms with Crippen molar-refractivity contribution in [1.82, 2.24) is 0 Å². The standard InChI is InChI=1S/C12H12F2O2S/c1-8(15)17-5-3-4-9-6-10(13)12(14)11(7-9)16-2/h3-4,6-7H,5H2,1-2H3. The van der Waals surface area contributed by atoms with Crippen molar-refractivity contribution in [1.29, 1.82) is 0 Å². The van der Waals surface area contributed by atoms with Crippen molar-refractivity contribution >= 4 is 23.0 Å². The molecule has 0 unspecified atom stereocenters.